The molecule has 0 radical (unpaired) electrons. The fourth-order valence-corrected chi connectivity index (χ4v) is 8.64. The van der Waals surface area contributed by atoms with Crippen LogP contribution in [-0.4, -0.2) is 68.1 Å². The van der Waals surface area contributed by atoms with Gasteiger partial charge < -0.3 is 15.0 Å². The van der Waals surface area contributed by atoms with Crippen LogP contribution in [0.25, 0.3) is 11.0 Å². The fraction of sp³-hybridized carbons (Fsp3) is 0.630. The molecule has 2 aromatic rings. The van der Waals surface area contributed by atoms with E-state index in [0.717, 1.165) is 48.2 Å². The van der Waals surface area contributed by atoms with Crippen molar-refractivity contribution in [1.82, 2.24) is 15.0 Å². The van der Waals surface area contributed by atoms with Crippen LogP contribution in [0.15, 0.2) is 40.6 Å². The van der Waals surface area contributed by atoms with E-state index < -0.39 is 19.7 Å². The van der Waals surface area contributed by atoms with Crippen LogP contribution >= 0.6 is 0 Å². The second-order valence-electron chi connectivity index (χ2n) is 10.8. The van der Waals surface area contributed by atoms with Crippen LogP contribution in [0.2, 0.25) is 0 Å². The highest BCUT2D eigenvalue weighted by Gasteiger charge is 2.46. The van der Waals surface area contributed by atoms with E-state index in [4.69, 9.17) is 0 Å². The van der Waals surface area contributed by atoms with E-state index in [1.807, 2.05) is 19.2 Å². The summed E-state index contributed by atoms with van der Waals surface area (Å²) in [4.78, 5) is 14.6. The van der Waals surface area contributed by atoms with Gasteiger partial charge in [0.05, 0.1) is 16.9 Å². The number of H-pyrrole nitrogens is 1. The molecule has 0 unspecified atom stereocenters. The number of aliphatic hydroxyl groups is 1. The van der Waals surface area contributed by atoms with E-state index in [9.17, 15) is 21.9 Å². The standard InChI is InChI=1S/C27H40N4O5S2/c1-3-14-31(26-24-8-13-28-25(24)29-20-30-26)19-27(11-12-27)21(2)18-38(35,36)23(5-4-15-32)7-6-22-9-16-37(33,34)17-10-22/h5,8,13,18,20,22,32H,3-4,6-7,9-12,14-17,19H2,1-2H3,(H,28,29,30). The molecule has 38 heavy (non-hydrogen) atoms. The Labute approximate surface area is 226 Å². The highest BCUT2D eigenvalue weighted by molar-refractivity contribution is 7.98. The van der Waals surface area contributed by atoms with Crippen LogP contribution < -0.4 is 4.90 Å². The van der Waals surface area contributed by atoms with Crippen LogP contribution in [-0.2, 0) is 19.7 Å². The molecule has 1 aliphatic heterocycles. The van der Waals surface area contributed by atoms with E-state index in [0.29, 0.717) is 37.1 Å². The zero-order valence-corrected chi connectivity index (χ0v) is 24.0. The van der Waals surface area contributed by atoms with Crippen LogP contribution in [0.1, 0.15) is 65.2 Å². The van der Waals surface area contributed by atoms with Gasteiger partial charge in [-0.2, -0.15) is 0 Å². The average Bonchev–Trinajstić information content (AvgIpc) is 3.50. The molecule has 0 bridgehead atoms. The second-order valence-corrected chi connectivity index (χ2v) is 15.0. The monoisotopic (exact) mass is 564 g/mol. The maximum Gasteiger partial charge on any atom is 0.195 e. The van der Waals surface area contributed by atoms with E-state index in [1.165, 1.54) is 5.41 Å². The van der Waals surface area contributed by atoms with E-state index >= 15 is 0 Å². The van der Waals surface area contributed by atoms with Gasteiger partial charge in [-0.05, 0) is 70.3 Å². The molecule has 9 nitrogen and oxygen atoms in total. The number of anilines is 1. The summed E-state index contributed by atoms with van der Waals surface area (Å²) >= 11 is 0. The third-order valence-electron chi connectivity index (χ3n) is 7.98. The van der Waals surface area contributed by atoms with Gasteiger partial charge in [0.2, 0.25) is 0 Å². The molecule has 0 amide bonds. The molecule has 2 N–H and O–H groups in total. The first-order valence-corrected chi connectivity index (χ1v) is 16.9. The summed E-state index contributed by atoms with van der Waals surface area (Å²) in [5.41, 5.74) is 1.40. The number of hydrogen-bond donors (Lipinski definition) is 2. The van der Waals surface area contributed by atoms with Gasteiger partial charge in [0.15, 0.2) is 9.84 Å². The molecule has 4 rings (SSSR count). The fourth-order valence-electron chi connectivity index (χ4n) is 5.43. The molecule has 1 saturated heterocycles. The lowest BCUT2D eigenvalue weighted by Gasteiger charge is -2.29. The van der Waals surface area contributed by atoms with Gasteiger partial charge in [-0.15, -0.1) is 0 Å². The van der Waals surface area contributed by atoms with Gasteiger partial charge in [0.25, 0.3) is 0 Å². The van der Waals surface area contributed by atoms with Crippen molar-refractivity contribution < 1.29 is 21.9 Å². The highest BCUT2D eigenvalue weighted by Crippen LogP contribution is 2.53. The number of allylic oxidation sites excluding steroid dienone is 1. The lowest BCUT2D eigenvalue weighted by Crippen LogP contribution is -2.33. The number of aromatic amines is 1. The normalized spacial score (nSPS) is 20.1. The first-order valence-electron chi connectivity index (χ1n) is 13.6. The summed E-state index contributed by atoms with van der Waals surface area (Å²) in [6, 6.07) is 1.97. The van der Waals surface area contributed by atoms with Crippen molar-refractivity contribution in [2.45, 2.75) is 65.2 Å². The number of hydrogen-bond acceptors (Lipinski definition) is 8. The molecule has 1 saturated carbocycles. The van der Waals surface area contributed by atoms with Crippen molar-refractivity contribution in [3.63, 3.8) is 0 Å². The Morgan fingerprint density at radius 2 is 2.00 bits per heavy atom. The number of fused-ring (bicyclic) bond motifs is 1. The molecular formula is C27H40N4O5S2. The molecule has 0 aromatic carbocycles. The summed E-state index contributed by atoms with van der Waals surface area (Å²) in [5.74, 6) is 1.42. The number of aliphatic hydroxyl groups excluding tert-OH is 1. The molecule has 2 aromatic heterocycles. The minimum absolute atomic E-state index is 0.119. The smallest absolute Gasteiger partial charge is 0.195 e. The first kappa shape index (κ1) is 28.8. The Kier molecular flexibility index (Phi) is 8.99. The van der Waals surface area contributed by atoms with E-state index in [-0.39, 0.29) is 35.9 Å². The van der Waals surface area contributed by atoms with Crippen molar-refractivity contribution in [3.05, 3.63) is 40.6 Å². The minimum atomic E-state index is -3.68. The van der Waals surface area contributed by atoms with Gasteiger partial charge in [0.1, 0.15) is 27.6 Å². The van der Waals surface area contributed by atoms with Gasteiger partial charge in [-0.3, -0.25) is 0 Å². The number of rotatable bonds is 13. The Hall–Kier alpha value is -2.24. The molecule has 210 valence electrons. The van der Waals surface area contributed by atoms with Gasteiger partial charge in [-0.25, -0.2) is 26.8 Å². The van der Waals surface area contributed by atoms with E-state index in [1.54, 1.807) is 12.4 Å². The quantitative estimate of drug-likeness (QED) is 0.371. The number of nitrogens with zero attached hydrogens (tertiary/aromatic N) is 3. The predicted octanol–water partition coefficient (Wildman–Crippen LogP) is 4.14. The molecular weight excluding hydrogens is 524 g/mol. The molecule has 2 aliphatic rings. The number of nitrogens with one attached hydrogen (secondary N) is 1. The van der Waals surface area contributed by atoms with Crippen LogP contribution in [0.4, 0.5) is 5.82 Å². The molecule has 3 heterocycles. The summed E-state index contributed by atoms with van der Waals surface area (Å²) < 4.78 is 50.6. The maximum absolute atomic E-state index is 13.6. The summed E-state index contributed by atoms with van der Waals surface area (Å²) in [7, 11) is -6.63. The third-order valence-corrected chi connectivity index (χ3v) is 11.5. The van der Waals surface area contributed by atoms with Gasteiger partial charge in [-0.1, -0.05) is 18.6 Å². The molecule has 0 spiro atoms. The zero-order valence-electron chi connectivity index (χ0n) is 22.4. The summed E-state index contributed by atoms with van der Waals surface area (Å²) in [5, 5.41) is 11.7. The number of sulfone groups is 2. The lowest BCUT2D eigenvalue weighted by atomic mass is 9.97. The SMILES string of the molecule is CCCN(CC1(C(C)=CS(=O)(=O)C(=CCCO)CCC2CCS(=O)(=O)CC2)CC1)c1ncnc2[nH]ccc12. The third kappa shape index (κ3) is 6.84. The van der Waals surface area contributed by atoms with Crippen LogP contribution in [0.5, 0.6) is 0 Å². The summed E-state index contributed by atoms with van der Waals surface area (Å²) in [6.45, 7) is 5.40. The minimum Gasteiger partial charge on any atom is -0.396 e. The molecule has 2 fully saturated rings. The van der Waals surface area contributed by atoms with Crippen molar-refractivity contribution in [2.24, 2.45) is 11.3 Å². The Morgan fingerprint density at radius 3 is 2.66 bits per heavy atom. The van der Waals surface area contributed by atoms with Crippen molar-refractivity contribution >= 4 is 36.5 Å². The van der Waals surface area contributed by atoms with Gasteiger partial charge in [0, 0.05) is 41.6 Å². The Balaban J connectivity index is 1.51. The molecule has 0 atom stereocenters. The Bertz CT molecular complexity index is 1380. The van der Waals surface area contributed by atoms with Crippen LogP contribution in [0, 0.1) is 11.3 Å². The van der Waals surface area contributed by atoms with Crippen molar-refractivity contribution in [1.29, 1.82) is 0 Å². The van der Waals surface area contributed by atoms with Crippen molar-refractivity contribution in [3.8, 4) is 0 Å². The van der Waals surface area contributed by atoms with Crippen molar-refractivity contribution in [2.75, 3.05) is 36.1 Å². The van der Waals surface area contributed by atoms with Crippen LogP contribution in [0.3, 0.4) is 0 Å². The molecule has 1 aliphatic carbocycles. The lowest BCUT2D eigenvalue weighted by molar-refractivity contribution is 0.302. The largest absolute Gasteiger partial charge is 0.396 e. The summed E-state index contributed by atoms with van der Waals surface area (Å²) in [6.07, 6.45) is 10.2. The maximum atomic E-state index is 13.6. The second kappa shape index (κ2) is 11.9. The Morgan fingerprint density at radius 1 is 1.26 bits per heavy atom. The zero-order chi connectivity index (χ0) is 27.4. The molecule has 11 heteroatoms. The number of aromatic nitrogens is 3. The highest BCUT2D eigenvalue weighted by atomic mass is 32.2. The topological polar surface area (TPSA) is 133 Å². The predicted molar refractivity (Wildman–Crippen MR) is 151 cm³/mol. The van der Waals surface area contributed by atoms with Gasteiger partial charge >= 0.3 is 0 Å². The van der Waals surface area contributed by atoms with E-state index in [2.05, 4.69) is 26.8 Å². The average molecular weight is 565 g/mol. The first-order chi connectivity index (χ1) is 18.1.